The van der Waals surface area contributed by atoms with E-state index in [9.17, 15) is 4.79 Å². The van der Waals surface area contributed by atoms with Crippen LogP contribution in [0.25, 0.3) is 10.2 Å². The van der Waals surface area contributed by atoms with Crippen molar-refractivity contribution in [3.05, 3.63) is 27.8 Å². The summed E-state index contributed by atoms with van der Waals surface area (Å²) >= 11 is 3.47. The first kappa shape index (κ1) is 13.9. The van der Waals surface area contributed by atoms with Crippen molar-refractivity contribution < 1.29 is 4.79 Å². The lowest BCUT2D eigenvalue weighted by Crippen LogP contribution is -2.37. The van der Waals surface area contributed by atoms with Gasteiger partial charge in [0.25, 0.3) is 5.91 Å². The first-order chi connectivity index (χ1) is 9.58. The van der Waals surface area contributed by atoms with E-state index in [1.54, 1.807) is 11.3 Å². The fraction of sp³-hybridized carbons (Fsp3) is 0.467. The Balaban J connectivity index is 2.05. The van der Waals surface area contributed by atoms with Gasteiger partial charge in [0.1, 0.15) is 4.83 Å². The van der Waals surface area contributed by atoms with E-state index in [2.05, 4.69) is 24.9 Å². The maximum atomic E-state index is 12.7. The number of aromatic nitrogens is 1. The molecule has 0 radical (unpaired) electrons. The summed E-state index contributed by atoms with van der Waals surface area (Å²) in [5.74, 6) is 2.28. The third-order valence-corrected chi connectivity index (χ3v) is 5.83. The highest BCUT2D eigenvalue weighted by Crippen LogP contribution is 2.33. The zero-order valence-electron chi connectivity index (χ0n) is 12.0. The van der Waals surface area contributed by atoms with Crippen LogP contribution in [0.15, 0.2) is 6.07 Å². The van der Waals surface area contributed by atoms with E-state index in [0.717, 1.165) is 50.9 Å². The zero-order valence-corrected chi connectivity index (χ0v) is 13.7. The van der Waals surface area contributed by atoms with Crippen molar-refractivity contribution in [2.45, 2.75) is 20.8 Å². The largest absolute Gasteiger partial charge is 0.336 e. The molecule has 0 aliphatic carbocycles. The molecule has 20 heavy (non-hydrogen) atoms. The van der Waals surface area contributed by atoms with E-state index in [1.807, 2.05) is 23.6 Å². The molecule has 0 saturated carbocycles. The monoisotopic (exact) mass is 306 g/mol. The van der Waals surface area contributed by atoms with Gasteiger partial charge in [0.2, 0.25) is 0 Å². The van der Waals surface area contributed by atoms with Crippen LogP contribution in [0.5, 0.6) is 0 Å². The van der Waals surface area contributed by atoms with Gasteiger partial charge in [0.15, 0.2) is 0 Å². The summed E-state index contributed by atoms with van der Waals surface area (Å²) in [5, 5.41) is 1.16. The van der Waals surface area contributed by atoms with Crippen LogP contribution >= 0.6 is 23.1 Å². The average molecular weight is 306 g/mol. The molecule has 1 saturated heterocycles. The second-order valence-corrected chi connectivity index (χ2v) is 7.45. The maximum Gasteiger partial charge on any atom is 0.264 e. The number of amides is 1. The number of carbonyl (C=O) groups is 1. The van der Waals surface area contributed by atoms with Crippen LogP contribution in [0, 0.1) is 20.8 Å². The van der Waals surface area contributed by atoms with E-state index in [-0.39, 0.29) is 5.91 Å². The second kappa shape index (κ2) is 5.37. The molecule has 0 unspecified atom stereocenters. The highest BCUT2D eigenvalue weighted by Gasteiger charge is 2.24. The molecule has 1 aliphatic rings. The maximum absolute atomic E-state index is 12.7. The van der Waals surface area contributed by atoms with E-state index in [1.165, 1.54) is 5.56 Å². The number of thioether (sulfide) groups is 1. The Morgan fingerprint density at radius 1 is 1.25 bits per heavy atom. The summed E-state index contributed by atoms with van der Waals surface area (Å²) in [6.45, 7) is 7.88. The fourth-order valence-corrected chi connectivity index (χ4v) is 4.91. The van der Waals surface area contributed by atoms with E-state index < -0.39 is 0 Å². The number of fused-ring (bicyclic) bond motifs is 1. The predicted octanol–water partition coefficient (Wildman–Crippen LogP) is 3.41. The average Bonchev–Trinajstić information content (AvgIpc) is 2.76. The number of carbonyl (C=O) groups excluding carboxylic acids is 1. The molecule has 1 amide bonds. The van der Waals surface area contributed by atoms with Crippen LogP contribution in [-0.2, 0) is 0 Å². The summed E-state index contributed by atoms with van der Waals surface area (Å²) in [4.78, 5) is 21.1. The molecule has 2 aromatic rings. The van der Waals surface area contributed by atoms with Gasteiger partial charge in [0, 0.05) is 35.7 Å². The molecule has 3 heterocycles. The van der Waals surface area contributed by atoms with Gasteiger partial charge in [-0.3, -0.25) is 4.79 Å². The minimum atomic E-state index is 0.183. The highest BCUT2D eigenvalue weighted by atomic mass is 32.2. The van der Waals surface area contributed by atoms with E-state index in [0.29, 0.717) is 0 Å². The van der Waals surface area contributed by atoms with Gasteiger partial charge in [-0.15, -0.1) is 11.3 Å². The van der Waals surface area contributed by atoms with Gasteiger partial charge in [0.05, 0.1) is 4.88 Å². The lowest BCUT2D eigenvalue weighted by atomic mass is 10.1. The van der Waals surface area contributed by atoms with Gasteiger partial charge in [-0.25, -0.2) is 4.98 Å². The van der Waals surface area contributed by atoms with Crippen molar-refractivity contribution in [3.8, 4) is 0 Å². The van der Waals surface area contributed by atoms with Crippen LogP contribution in [-0.4, -0.2) is 40.4 Å². The van der Waals surface area contributed by atoms with Gasteiger partial charge in [-0.2, -0.15) is 11.8 Å². The Morgan fingerprint density at radius 2 is 1.95 bits per heavy atom. The molecule has 2 aromatic heterocycles. The van der Waals surface area contributed by atoms with E-state index in [4.69, 9.17) is 0 Å². The Morgan fingerprint density at radius 3 is 2.65 bits per heavy atom. The molecule has 0 spiro atoms. The molecule has 1 aliphatic heterocycles. The lowest BCUT2D eigenvalue weighted by Gasteiger charge is -2.26. The Kier molecular flexibility index (Phi) is 3.73. The molecule has 0 N–H and O–H groups in total. The Labute approximate surface area is 127 Å². The molecule has 5 heteroatoms. The van der Waals surface area contributed by atoms with Gasteiger partial charge < -0.3 is 4.90 Å². The van der Waals surface area contributed by atoms with Crippen molar-refractivity contribution in [2.75, 3.05) is 24.6 Å². The van der Waals surface area contributed by atoms with Gasteiger partial charge in [-0.05, 0) is 38.0 Å². The summed E-state index contributed by atoms with van der Waals surface area (Å²) in [7, 11) is 0. The van der Waals surface area contributed by atoms with Crippen LogP contribution in [0.1, 0.15) is 26.5 Å². The number of hydrogen-bond donors (Lipinski definition) is 0. The third kappa shape index (κ3) is 2.33. The third-order valence-electron chi connectivity index (χ3n) is 3.72. The molecular weight excluding hydrogens is 288 g/mol. The Hall–Kier alpha value is -1.07. The molecule has 3 rings (SSSR count). The number of hydrogen-bond acceptors (Lipinski definition) is 4. The predicted molar refractivity (Wildman–Crippen MR) is 87.1 cm³/mol. The highest BCUT2D eigenvalue weighted by molar-refractivity contribution is 7.99. The Bertz CT molecular complexity index is 672. The number of nitrogens with zero attached hydrogens (tertiary/aromatic N) is 2. The summed E-state index contributed by atoms with van der Waals surface area (Å²) < 4.78 is 0. The lowest BCUT2D eigenvalue weighted by molar-refractivity contribution is 0.0776. The molecule has 0 bridgehead atoms. The number of pyridine rings is 1. The minimum Gasteiger partial charge on any atom is -0.336 e. The number of aryl methyl sites for hydroxylation is 3. The molecule has 1 fully saturated rings. The van der Waals surface area contributed by atoms with Crippen LogP contribution in [0.3, 0.4) is 0 Å². The smallest absolute Gasteiger partial charge is 0.264 e. The summed E-state index contributed by atoms with van der Waals surface area (Å²) in [6.07, 6.45) is 0. The quantitative estimate of drug-likeness (QED) is 0.809. The standard InChI is InChI=1S/C15H18N2OS2/c1-9-8-10(2)16-14-12(9)11(3)13(20-14)15(18)17-4-6-19-7-5-17/h8H,4-7H2,1-3H3. The number of thiophene rings is 1. The van der Waals surface area contributed by atoms with Crippen molar-refractivity contribution in [1.82, 2.24) is 9.88 Å². The van der Waals surface area contributed by atoms with Crippen molar-refractivity contribution >= 4 is 39.2 Å². The summed E-state index contributed by atoms with van der Waals surface area (Å²) in [6, 6.07) is 2.09. The number of rotatable bonds is 1. The van der Waals surface area contributed by atoms with Crippen molar-refractivity contribution in [3.63, 3.8) is 0 Å². The zero-order chi connectivity index (χ0) is 14.3. The topological polar surface area (TPSA) is 33.2 Å². The molecule has 3 nitrogen and oxygen atoms in total. The van der Waals surface area contributed by atoms with Gasteiger partial charge in [-0.1, -0.05) is 0 Å². The van der Waals surface area contributed by atoms with E-state index >= 15 is 0 Å². The SMILES string of the molecule is Cc1cc(C)c2c(C)c(C(=O)N3CCSCC3)sc2n1. The van der Waals surface area contributed by atoms with Crippen LogP contribution < -0.4 is 0 Å². The van der Waals surface area contributed by atoms with Crippen molar-refractivity contribution in [1.29, 1.82) is 0 Å². The fourth-order valence-electron chi connectivity index (χ4n) is 2.73. The summed E-state index contributed by atoms with van der Waals surface area (Å²) in [5.41, 5.74) is 3.33. The van der Waals surface area contributed by atoms with Crippen molar-refractivity contribution in [2.24, 2.45) is 0 Å². The molecule has 0 aromatic carbocycles. The second-order valence-electron chi connectivity index (χ2n) is 5.22. The minimum absolute atomic E-state index is 0.183. The van der Waals surface area contributed by atoms with Crippen LogP contribution in [0.4, 0.5) is 0 Å². The van der Waals surface area contributed by atoms with Gasteiger partial charge >= 0.3 is 0 Å². The normalized spacial score (nSPS) is 15.8. The molecule has 0 atom stereocenters. The molecular formula is C15H18N2OS2. The first-order valence-electron chi connectivity index (χ1n) is 6.82. The molecule has 106 valence electrons. The first-order valence-corrected chi connectivity index (χ1v) is 8.79. The van der Waals surface area contributed by atoms with Crippen LogP contribution in [0.2, 0.25) is 0 Å².